The van der Waals surface area contributed by atoms with Crippen LogP contribution in [0.2, 0.25) is 0 Å². The molecule has 19 heavy (non-hydrogen) atoms. The van der Waals surface area contributed by atoms with Crippen molar-refractivity contribution in [2.24, 2.45) is 0 Å². The molecule has 1 fully saturated rings. The maximum Gasteiger partial charge on any atom is 0.185 e. The number of aliphatic hydroxyl groups excluding tert-OH is 1. The molecule has 0 spiro atoms. The van der Waals surface area contributed by atoms with Gasteiger partial charge >= 0.3 is 0 Å². The van der Waals surface area contributed by atoms with Gasteiger partial charge in [-0.2, -0.15) is 11.8 Å². The molecule has 0 bridgehead atoms. The highest BCUT2D eigenvalue weighted by Gasteiger charge is 2.26. The molecular weight excluding hydrogens is 276 g/mol. The Labute approximate surface area is 124 Å². The van der Waals surface area contributed by atoms with Gasteiger partial charge in [0.2, 0.25) is 0 Å². The van der Waals surface area contributed by atoms with Crippen molar-refractivity contribution in [1.29, 1.82) is 0 Å². The van der Waals surface area contributed by atoms with Crippen LogP contribution in [0.5, 0.6) is 0 Å². The topological polar surface area (TPSA) is 36.4 Å². The third-order valence-electron chi connectivity index (χ3n) is 3.63. The Kier molecular flexibility index (Phi) is 5.15. The Hall–Kier alpha value is -0.260. The van der Waals surface area contributed by atoms with Gasteiger partial charge in [-0.15, -0.1) is 0 Å². The van der Waals surface area contributed by atoms with Crippen molar-refractivity contribution in [2.45, 2.75) is 57.1 Å². The molecule has 1 aliphatic rings. The lowest BCUT2D eigenvalue weighted by molar-refractivity contribution is 0.283. The maximum atomic E-state index is 9.53. The zero-order valence-corrected chi connectivity index (χ0v) is 13.9. The normalized spacial score (nSPS) is 25.6. The van der Waals surface area contributed by atoms with E-state index in [-0.39, 0.29) is 6.61 Å². The number of thioether (sulfide) groups is 1. The Morgan fingerprint density at radius 1 is 1.37 bits per heavy atom. The van der Waals surface area contributed by atoms with E-state index in [0.29, 0.717) is 16.4 Å². The Morgan fingerprint density at radius 3 is 2.53 bits per heavy atom. The van der Waals surface area contributed by atoms with E-state index in [1.54, 1.807) is 11.3 Å². The third-order valence-corrected chi connectivity index (χ3v) is 5.97. The predicted octanol–water partition coefficient (Wildman–Crippen LogP) is 3.48. The zero-order valence-electron chi connectivity index (χ0n) is 12.2. The lowest BCUT2D eigenvalue weighted by Crippen LogP contribution is -2.40. The molecule has 108 valence electrons. The average Bonchev–Trinajstić information content (AvgIpc) is 2.80. The van der Waals surface area contributed by atoms with E-state index in [4.69, 9.17) is 4.98 Å². The Balaban J connectivity index is 2.22. The van der Waals surface area contributed by atoms with Crippen molar-refractivity contribution < 1.29 is 5.11 Å². The van der Waals surface area contributed by atoms with Gasteiger partial charge in [-0.1, -0.05) is 39.0 Å². The second kappa shape index (κ2) is 6.46. The van der Waals surface area contributed by atoms with Crippen LogP contribution in [0.4, 0.5) is 5.13 Å². The van der Waals surface area contributed by atoms with Crippen molar-refractivity contribution >= 4 is 28.2 Å². The molecule has 2 rings (SSSR count). The monoisotopic (exact) mass is 300 g/mol. The van der Waals surface area contributed by atoms with Crippen LogP contribution in [0.1, 0.15) is 50.6 Å². The van der Waals surface area contributed by atoms with Gasteiger partial charge in [-0.25, -0.2) is 4.98 Å². The number of rotatable bonds is 4. The van der Waals surface area contributed by atoms with Crippen LogP contribution < -0.4 is 4.90 Å². The van der Waals surface area contributed by atoms with Crippen molar-refractivity contribution in [3.8, 4) is 0 Å². The molecule has 0 aliphatic carbocycles. The smallest absolute Gasteiger partial charge is 0.185 e. The first-order chi connectivity index (χ1) is 9.05. The van der Waals surface area contributed by atoms with Crippen molar-refractivity contribution in [1.82, 2.24) is 4.98 Å². The number of hydrogen-bond acceptors (Lipinski definition) is 5. The van der Waals surface area contributed by atoms with Crippen LogP contribution in [0.25, 0.3) is 0 Å². The van der Waals surface area contributed by atoms with Crippen LogP contribution in [-0.2, 0) is 6.61 Å². The van der Waals surface area contributed by atoms with E-state index in [1.807, 2.05) is 0 Å². The summed E-state index contributed by atoms with van der Waals surface area (Å²) in [5, 5.41) is 11.9. The fourth-order valence-corrected chi connectivity index (χ4v) is 4.90. The van der Waals surface area contributed by atoms with Crippen molar-refractivity contribution in [3.63, 3.8) is 0 Å². The van der Waals surface area contributed by atoms with Crippen LogP contribution >= 0.6 is 23.1 Å². The van der Waals surface area contributed by atoms with Crippen LogP contribution in [0.3, 0.4) is 0 Å². The Morgan fingerprint density at radius 2 is 2.00 bits per heavy atom. The largest absolute Gasteiger partial charge is 0.391 e. The molecule has 5 heteroatoms. The van der Waals surface area contributed by atoms with E-state index in [0.717, 1.165) is 35.2 Å². The van der Waals surface area contributed by atoms with Gasteiger partial charge in [0.1, 0.15) is 0 Å². The average molecular weight is 300 g/mol. The first-order valence-electron chi connectivity index (χ1n) is 7.06. The summed E-state index contributed by atoms with van der Waals surface area (Å²) in [6, 6.07) is 0. The second-order valence-electron chi connectivity index (χ2n) is 5.43. The molecule has 3 unspecified atom stereocenters. The molecule has 0 amide bonds. The molecule has 0 aromatic carbocycles. The quantitative estimate of drug-likeness (QED) is 0.923. The lowest BCUT2D eigenvalue weighted by atomic mass is 10.0. The highest BCUT2D eigenvalue weighted by Crippen LogP contribution is 2.35. The SMILES string of the molecule is CCC(C)c1nc(N2CC(C)SC(C)C2)sc1CO. The van der Waals surface area contributed by atoms with Gasteiger partial charge in [0.25, 0.3) is 0 Å². The zero-order chi connectivity index (χ0) is 14.0. The molecule has 3 nitrogen and oxygen atoms in total. The van der Waals surface area contributed by atoms with Crippen molar-refractivity contribution in [3.05, 3.63) is 10.6 Å². The molecule has 0 saturated carbocycles. The predicted molar refractivity (Wildman–Crippen MR) is 85.5 cm³/mol. The second-order valence-corrected chi connectivity index (χ2v) is 8.38. The highest BCUT2D eigenvalue weighted by molar-refractivity contribution is 8.00. The molecule has 1 N–H and O–H groups in total. The van der Waals surface area contributed by atoms with Gasteiger partial charge in [0.15, 0.2) is 5.13 Å². The summed E-state index contributed by atoms with van der Waals surface area (Å²) in [5.41, 5.74) is 1.10. The summed E-state index contributed by atoms with van der Waals surface area (Å²) in [7, 11) is 0. The minimum absolute atomic E-state index is 0.116. The summed E-state index contributed by atoms with van der Waals surface area (Å²) >= 11 is 3.72. The fourth-order valence-electron chi connectivity index (χ4n) is 2.51. The van der Waals surface area contributed by atoms with E-state index in [9.17, 15) is 5.11 Å². The fraction of sp³-hybridized carbons (Fsp3) is 0.786. The summed E-state index contributed by atoms with van der Waals surface area (Å²) in [5.74, 6) is 0.432. The third kappa shape index (κ3) is 3.44. The molecular formula is C14H24N2OS2. The first-order valence-corrected chi connectivity index (χ1v) is 8.81. The highest BCUT2D eigenvalue weighted by atomic mass is 32.2. The van der Waals surface area contributed by atoms with Gasteiger partial charge < -0.3 is 10.0 Å². The Bertz CT molecular complexity index is 412. The minimum Gasteiger partial charge on any atom is -0.391 e. The van der Waals surface area contributed by atoms with Gasteiger partial charge in [0.05, 0.1) is 17.2 Å². The molecule has 3 atom stereocenters. The van der Waals surface area contributed by atoms with Gasteiger partial charge in [-0.05, 0) is 12.3 Å². The first kappa shape index (κ1) is 15.1. The van der Waals surface area contributed by atoms with E-state index in [1.165, 1.54) is 0 Å². The van der Waals surface area contributed by atoms with E-state index in [2.05, 4.69) is 44.4 Å². The van der Waals surface area contributed by atoms with Crippen LogP contribution in [-0.4, -0.2) is 33.7 Å². The summed E-state index contributed by atoms with van der Waals surface area (Å²) in [6.45, 7) is 11.2. The standard InChI is InChI=1S/C14H24N2OS2/c1-5-9(2)13-12(8-17)19-14(15-13)16-6-10(3)18-11(4)7-16/h9-11,17H,5-8H2,1-4H3. The number of aromatic nitrogens is 1. The number of aliphatic hydroxyl groups is 1. The van der Waals surface area contributed by atoms with Crippen LogP contribution in [0.15, 0.2) is 0 Å². The van der Waals surface area contributed by atoms with Crippen molar-refractivity contribution in [2.75, 3.05) is 18.0 Å². The van der Waals surface area contributed by atoms with E-state index < -0.39 is 0 Å². The minimum atomic E-state index is 0.116. The molecule has 2 heterocycles. The number of nitrogens with zero attached hydrogens (tertiary/aromatic N) is 2. The number of hydrogen-bond donors (Lipinski definition) is 1. The molecule has 1 saturated heterocycles. The molecule has 1 aromatic heterocycles. The van der Waals surface area contributed by atoms with Crippen LogP contribution in [0, 0.1) is 0 Å². The summed E-state index contributed by atoms with van der Waals surface area (Å²) in [6.07, 6.45) is 1.07. The molecule has 1 aromatic rings. The molecule has 0 radical (unpaired) electrons. The summed E-state index contributed by atoms with van der Waals surface area (Å²) in [4.78, 5) is 8.25. The number of anilines is 1. The summed E-state index contributed by atoms with van der Waals surface area (Å²) < 4.78 is 0. The maximum absolute atomic E-state index is 9.53. The van der Waals surface area contributed by atoms with Gasteiger partial charge in [0, 0.05) is 23.6 Å². The molecule has 1 aliphatic heterocycles. The number of thiazole rings is 1. The van der Waals surface area contributed by atoms with E-state index >= 15 is 0 Å². The van der Waals surface area contributed by atoms with Gasteiger partial charge in [-0.3, -0.25) is 0 Å². The lowest BCUT2D eigenvalue weighted by Gasteiger charge is -2.34.